The molecule has 1 heterocycles. The van der Waals surface area contributed by atoms with Crippen molar-refractivity contribution in [1.82, 2.24) is 10.2 Å². The minimum atomic E-state index is -4.76. The van der Waals surface area contributed by atoms with Crippen molar-refractivity contribution in [1.29, 1.82) is 0 Å². The van der Waals surface area contributed by atoms with Crippen molar-refractivity contribution in [3.63, 3.8) is 0 Å². The van der Waals surface area contributed by atoms with Crippen molar-refractivity contribution in [2.45, 2.75) is 31.5 Å². The predicted octanol–water partition coefficient (Wildman–Crippen LogP) is 4.03. The van der Waals surface area contributed by atoms with Gasteiger partial charge in [0.1, 0.15) is 12.1 Å². The van der Waals surface area contributed by atoms with E-state index in [1.807, 2.05) is 48.5 Å². The van der Waals surface area contributed by atoms with E-state index in [0.29, 0.717) is 0 Å². The number of hydrogen-bond donors (Lipinski definition) is 2. The zero-order valence-electron chi connectivity index (χ0n) is 19.1. The smallest absolute Gasteiger partial charge is 0.408 e. The van der Waals surface area contributed by atoms with Crippen molar-refractivity contribution >= 4 is 18.0 Å². The van der Waals surface area contributed by atoms with Gasteiger partial charge in [-0.1, -0.05) is 48.5 Å². The number of fused-ring (bicyclic) bond motifs is 3. The maximum absolute atomic E-state index is 13.3. The number of halogens is 3. The summed E-state index contributed by atoms with van der Waals surface area (Å²) in [6.45, 7) is 1.31. The lowest BCUT2D eigenvalue weighted by molar-refractivity contribution is -0.188. The fourth-order valence-corrected chi connectivity index (χ4v) is 4.89. The Morgan fingerprint density at radius 2 is 1.54 bits per heavy atom. The first kappa shape index (κ1) is 24.6. The van der Waals surface area contributed by atoms with Gasteiger partial charge >= 0.3 is 18.2 Å². The van der Waals surface area contributed by atoms with Crippen molar-refractivity contribution in [2.24, 2.45) is 11.8 Å². The van der Waals surface area contributed by atoms with Crippen LogP contribution in [0.5, 0.6) is 0 Å². The highest BCUT2D eigenvalue weighted by atomic mass is 19.4. The normalized spacial score (nSPS) is 19.7. The highest BCUT2D eigenvalue weighted by Gasteiger charge is 2.54. The lowest BCUT2D eigenvalue weighted by Gasteiger charge is -2.30. The second-order valence-corrected chi connectivity index (χ2v) is 9.38. The number of alkyl carbamates (subject to hydrolysis) is 1. The van der Waals surface area contributed by atoms with E-state index in [9.17, 15) is 32.7 Å². The lowest BCUT2D eigenvalue weighted by atomic mass is 9.96. The lowest BCUT2D eigenvalue weighted by Crippen LogP contribution is -2.56. The number of nitrogens with zero attached hydrogens (tertiary/aromatic N) is 1. The SMILES string of the molecule is CC(C)(NC(=O)OCC1c2ccccc2-c2ccccc21)C(=O)N1CC(C(=O)O)C(C(F)(F)F)C1. The predicted molar refractivity (Wildman–Crippen MR) is 120 cm³/mol. The Balaban J connectivity index is 1.41. The van der Waals surface area contributed by atoms with Crippen LogP contribution in [0.15, 0.2) is 48.5 Å². The zero-order chi connectivity index (χ0) is 25.5. The van der Waals surface area contributed by atoms with Gasteiger partial charge in [0.2, 0.25) is 5.91 Å². The number of hydrogen-bond acceptors (Lipinski definition) is 4. The van der Waals surface area contributed by atoms with Gasteiger partial charge in [-0.25, -0.2) is 4.79 Å². The molecular weight excluding hydrogens is 465 g/mol. The number of carbonyl (C=O) groups is 3. The third-order valence-electron chi connectivity index (χ3n) is 6.64. The Hall–Kier alpha value is -3.56. The van der Waals surface area contributed by atoms with E-state index in [1.165, 1.54) is 13.8 Å². The summed E-state index contributed by atoms with van der Waals surface area (Å²) in [6, 6.07) is 15.5. The molecule has 0 radical (unpaired) electrons. The average Bonchev–Trinajstić information content (AvgIpc) is 3.37. The number of likely N-dealkylation sites (tertiary alicyclic amines) is 1. The Bertz CT molecular complexity index is 1120. The first-order valence-electron chi connectivity index (χ1n) is 11.1. The van der Waals surface area contributed by atoms with Crippen molar-refractivity contribution < 1.29 is 37.4 Å². The van der Waals surface area contributed by atoms with Gasteiger partial charge in [0, 0.05) is 19.0 Å². The highest BCUT2D eigenvalue weighted by Crippen LogP contribution is 2.44. The van der Waals surface area contributed by atoms with Gasteiger partial charge in [-0.15, -0.1) is 0 Å². The van der Waals surface area contributed by atoms with Gasteiger partial charge in [0.25, 0.3) is 0 Å². The number of carboxylic acids is 1. The Labute approximate surface area is 199 Å². The summed E-state index contributed by atoms with van der Waals surface area (Å²) in [5, 5.41) is 11.6. The number of rotatable bonds is 5. The monoisotopic (exact) mass is 490 g/mol. The molecule has 0 spiro atoms. The van der Waals surface area contributed by atoms with E-state index in [4.69, 9.17) is 4.74 Å². The highest BCUT2D eigenvalue weighted by molar-refractivity contribution is 5.90. The molecule has 2 N–H and O–H groups in total. The van der Waals surface area contributed by atoms with Crippen LogP contribution in [0.1, 0.15) is 30.9 Å². The summed E-state index contributed by atoms with van der Waals surface area (Å²) in [7, 11) is 0. The number of alkyl halides is 3. The van der Waals surface area contributed by atoms with Crippen LogP contribution in [0.4, 0.5) is 18.0 Å². The first-order valence-corrected chi connectivity index (χ1v) is 11.1. The molecule has 2 aromatic rings. The molecule has 0 saturated carbocycles. The van der Waals surface area contributed by atoms with Crippen LogP contribution in [-0.2, 0) is 14.3 Å². The fraction of sp³-hybridized carbons (Fsp3) is 0.400. The van der Waals surface area contributed by atoms with Gasteiger partial charge in [-0.05, 0) is 36.1 Å². The van der Waals surface area contributed by atoms with Crippen LogP contribution in [0.25, 0.3) is 11.1 Å². The minimum Gasteiger partial charge on any atom is -0.481 e. The van der Waals surface area contributed by atoms with E-state index in [0.717, 1.165) is 27.2 Å². The third-order valence-corrected chi connectivity index (χ3v) is 6.64. The Morgan fingerprint density at radius 1 is 1.00 bits per heavy atom. The molecule has 1 saturated heterocycles. The van der Waals surface area contributed by atoms with E-state index < -0.39 is 54.6 Å². The molecule has 2 unspecified atom stereocenters. The van der Waals surface area contributed by atoms with Crippen LogP contribution in [0, 0.1) is 11.8 Å². The van der Waals surface area contributed by atoms with Crippen molar-refractivity contribution in [3.05, 3.63) is 59.7 Å². The number of amides is 2. The van der Waals surface area contributed by atoms with Gasteiger partial charge in [0.05, 0.1) is 11.8 Å². The second kappa shape index (κ2) is 8.90. The average molecular weight is 490 g/mol. The van der Waals surface area contributed by atoms with Gasteiger partial charge in [-0.3, -0.25) is 9.59 Å². The summed E-state index contributed by atoms with van der Waals surface area (Å²) < 4.78 is 45.3. The summed E-state index contributed by atoms with van der Waals surface area (Å²) in [6.07, 6.45) is -5.66. The minimum absolute atomic E-state index is 0.00504. The molecule has 7 nitrogen and oxygen atoms in total. The maximum Gasteiger partial charge on any atom is 0.408 e. The Kier molecular flexibility index (Phi) is 6.25. The molecule has 0 aromatic heterocycles. The van der Waals surface area contributed by atoms with E-state index >= 15 is 0 Å². The molecule has 1 aliphatic carbocycles. The first-order chi connectivity index (χ1) is 16.4. The summed E-state index contributed by atoms with van der Waals surface area (Å²) in [5.74, 6) is -6.57. The topological polar surface area (TPSA) is 95.9 Å². The number of carboxylic acid groups (broad SMARTS) is 1. The summed E-state index contributed by atoms with van der Waals surface area (Å²) in [4.78, 5) is 37.6. The standard InChI is InChI=1S/C25H25F3N2O5/c1-24(2,22(33)30-11-18(21(31)32)20(12-30)25(26,27)28)29-23(34)35-13-19-16-9-5-3-7-14(16)15-8-4-6-10-17(15)19/h3-10,18-20H,11-13H2,1-2H3,(H,29,34)(H,31,32). The number of benzene rings is 2. The summed E-state index contributed by atoms with van der Waals surface area (Å²) >= 11 is 0. The molecule has 10 heteroatoms. The third kappa shape index (κ3) is 4.69. The molecular formula is C25H25F3N2O5. The largest absolute Gasteiger partial charge is 0.481 e. The molecule has 1 fully saturated rings. The molecule has 0 bridgehead atoms. The molecule has 186 valence electrons. The summed E-state index contributed by atoms with van der Waals surface area (Å²) in [5.41, 5.74) is 2.51. The van der Waals surface area contributed by atoms with Gasteiger partial charge in [-0.2, -0.15) is 13.2 Å². The molecule has 2 amide bonds. The number of ether oxygens (including phenoxy) is 1. The van der Waals surface area contributed by atoms with Crippen LogP contribution < -0.4 is 5.32 Å². The zero-order valence-corrected chi connectivity index (χ0v) is 19.1. The maximum atomic E-state index is 13.3. The quantitative estimate of drug-likeness (QED) is 0.660. The van der Waals surface area contributed by atoms with Crippen LogP contribution in [0.2, 0.25) is 0 Å². The van der Waals surface area contributed by atoms with Crippen LogP contribution in [0.3, 0.4) is 0 Å². The van der Waals surface area contributed by atoms with Gasteiger partial charge in [0.15, 0.2) is 0 Å². The molecule has 2 atom stereocenters. The van der Waals surface area contributed by atoms with Gasteiger partial charge < -0.3 is 20.1 Å². The van der Waals surface area contributed by atoms with E-state index in [-0.39, 0.29) is 12.5 Å². The van der Waals surface area contributed by atoms with Crippen molar-refractivity contribution in [3.8, 4) is 11.1 Å². The molecule has 35 heavy (non-hydrogen) atoms. The molecule has 2 aliphatic rings. The van der Waals surface area contributed by atoms with E-state index in [1.54, 1.807) is 0 Å². The Morgan fingerprint density at radius 3 is 2.03 bits per heavy atom. The van der Waals surface area contributed by atoms with E-state index in [2.05, 4.69) is 5.32 Å². The van der Waals surface area contributed by atoms with Crippen LogP contribution in [-0.4, -0.2) is 59.4 Å². The second-order valence-electron chi connectivity index (χ2n) is 9.38. The number of carbonyl (C=O) groups excluding carboxylic acids is 2. The van der Waals surface area contributed by atoms with Crippen LogP contribution >= 0.6 is 0 Å². The van der Waals surface area contributed by atoms with Crippen molar-refractivity contribution in [2.75, 3.05) is 19.7 Å². The molecule has 4 rings (SSSR count). The molecule has 2 aromatic carbocycles. The number of aliphatic carboxylic acids is 1. The fourth-order valence-electron chi connectivity index (χ4n) is 4.89. The molecule has 1 aliphatic heterocycles. The number of nitrogens with one attached hydrogen (secondary N) is 1.